The zero-order chi connectivity index (χ0) is 14.5. The van der Waals surface area contributed by atoms with Crippen LogP contribution in [0.2, 0.25) is 0 Å². The molecule has 1 aromatic carbocycles. The summed E-state index contributed by atoms with van der Waals surface area (Å²) in [6.45, 7) is 4.50. The number of anilines is 2. The number of thiocarbonyl (C=S) groups is 1. The lowest BCUT2D eigenvalue weighted by Gasteiger charge is -2.10. The molecule has 0 bridgehead atoms. The number of nitrogens with one attached hydrogen (secondary N) is 1. The molecule has 0 fully saturated rings. The fourth-order valence-electron chi connectivity index (χ4n) is 1.85. The maximum Gasteiger partial charge on any atom is 0.131 e. The molecule has 0 unspecified atom stereocenters. The van der Waals surface area contributed by atoms with Gasteiger partial charge in [-0.05, 0) is 38.1 Å². The highest BCUT2D eigenvalue weighted by atomic mass is 32.1. The van der Waals surface area contributed by atoms with Gasteiger partial charge in [0, 0.05) is 23.0 Å². The number of ether oxygens (including phenoxy) is 1. The average Bonchev–Trinajstić information content (AvgIpc) is 2.38. The van der Waals surface area contributed by atoms with Crippen LogP contribution in [0.1, 0.15) is 18.2 Å². The van der Waals surface area contributed by atoms with E-state index in [2.05, 4.69) is 10.3 Å². The van der Waals surface area contributed by atoms with Gasteiger partial charge in [-0.25, -0.2) is 4.98 Å². The van der Waals surface area contributed by atoms with Gasteiger partial charge in [-0.2, -0.15) is 0 Å². The van der Waals surface area contributed by atoms with E-state index in [1.165, 1.54) is 0 Å². The van der Waals surface area contributed by atoms with Crippen LogP contribution in [-0.2, 0) is 0 Å². The van der Waals surface area contributed by atoms with Crippen molar-refractivity contribution in [3.63, 3.8) is 0 Å². The van der Waals surface area contributed by atoms with Gasteiger partial charge in [0.1, 0.15) is 16.6 Å². The highest BCUT2D eigenvalue weighted by Gasteiger charge is 2.04. The van der Waals surface area contributed by atoms with E-state index in [-0.39, 0.29) is 0 Å². The second kappa shape index (κ2) is 6.34. The van der Waals surface area contributed by atoms with E-state index in [4.69, 9.17) is 22.7 Å². The lowest BCUT2D eigenvalue weighted by Crippen LogP contribution is -2.10. The molecule has 0 saturated carbocycles. The van der Waals surface area contributed by atoms with Crippen LogP contribution in [0.15, 0.2) is 36.4 Å². The van der Waals surface area contributed by atoms with Crippen molar-refractivity contribution >= 4 is 28.7 Å². The molecule has 1 heterocycles. The third-order valence-corrected chi connectivity index (χ3v) is 2.89. The van der Waals surface area contributed by atoms with Crippen molar-refractivity contribution in [3.8, 4) is 5.75 Å². The molecule has 0 aliphatic heterocycles. The van der Waals surface area contributed by atoms with Gasteiger partial charge in [-0.15, -0.1) is 0 Å². The number of aromatic nitrogens is 1. The first kappa shape index (κ1) is 14.3. The lowest BCUT2D eigenvalue weighted by atomic mass is 10.2. The Morgan fingerprint density at radius 3 is 2.85 bits per heavy atom. The summed E-state index contributed by atoms with van der Waals surface area (Å²) in [5, 5.41) is 3.23. The van der Waals surface area contributed by atoms with Crippen molar-refractivity contribution in [1.82, 2.24) is 4.98 Å². The number of hydrogen-bond donors (Lipinski definition) is 2. The topological polar surface area (TPSA) is 60.2 Å². The van der Waals surface area contributed by atoms with Gasteiger partial charge in [0.2, 0.25) is 0 Å². The molecule has 0 spiro atoms. The Bertz CT molecular complexity index is 628. The van der Waals surface area contributed by atoms with E-state index in [0.29, 0.717) is 17.4 Å². The van der Waals surface area contributed by atoms with Gasteiger partial charge in [-0.1, -0.05) is 18.3 Å². The van der Waals surface area contributed by atoms with Crippen LogP contribution in [-0.4, -0.2) is 16.6 Å². The van der Waals surface area contributed by atoms with E-state index in [0.717, 1.165) is 22.7 Å². The number of hydrogen-bond acceptors (Lipinski definition) is 4. The minimum absolute atomic E-state index is 0.363. The second-order valence-corrected chi connectivity index (χ2v) is 4.77. The summed E-state index contributed by atoms with van der Waals surface area (Å²) < 4.78 is 5.47. The predicted octanol–water partition coefficient (Wildman–Crippen LogP) is 3.17. The first-order chi connectivity index (χ1) is 9.58. The molecule has 2 rings (SSSR count). The molecule has 0 radical (unpaired) electrons. The van der Waals surface area contributed by atoms with Crippen molar-refractivity contribution in [2.24, 2.45) is 5.73 Å². The molecule has 0 aliphatic rings. The predicted molar refractivity (Wildman–Crippen MR) is 85.8 cm³/mol. The Morgan fingerprint density at radius 1 is 1.35 bits per heavy atom. The summed E-state index contributed by atoms with van der Waals surface area (Å²) in [4.78, 5) is 4.78. The monoisotopic (exact) mass is 287 g/mol. The standard InChI is InChI=1S/C15H17N3OS/c1-3-19-13-6-4-5-12(9-13)18-14-8-11(15(16)20)7-10(2)17-14/h4-9H,3H2,1-2H3,(H2,16,20)(H,17,18). The molecule has 0 atom stereocenters. The molecule has 4 nitrogen and oxygen atoms in total. The number of aryl methyl sites for hydroxylation is 1. The Morgan fingerprint density at radius 2 is 2.15 bits per heavy atom. The van der Waals surface area contributed by atoms with Crippen molar-refractivity contribution in [3.05, 3.63) is 47.7 Å². The zero-order valence-electron chi connectivity index (χ0n) is 11.5. The van der Waals surface area contributed by atoms with Crippen LogP contribution in [0.4, 0.5) is 11.5 Å². The smallest absolute Gasteiger partial charge is 0.131 e. The van der Waals surface area contributed by atoms with E-state index in [9.17, 15) is 0 Å². The molecule has 20 heavy (non-hydrogen) atoms. The third-order valence-electron chi connectivity index (χ3n) is 2.66. The van der Waals surface area contributed by atoms with Crippen LogP contribution in [0.25, 0.3) is 0 Å². The molecule has 2 aromatic rings. The van der Waals surface area contributed by atoms with Crippen molar-refractivity contribution in [2.75, 3.05) is 11.9 Å². The molecule has 104 valence electrons. The first-order valence-corrected chi connectivity index (χ1v) is 6.77. The van der Waals surface area contributed by atoms with Gasteiger partial charge >= 0.3 is 0 Å². The van der Waals surface area contributed by atoms with Gasteiger partial charge in [0.25, 0.3) is 0 Å². The van der Waals surface area contributed by atoms with Crippen LogP contribution >= 0.6 is 12.2 Å². The number of benzene rings is 1. The molecule has 0 amide bonds. The van der Waals surface area contributed by atoms with Crippen molar-refractivity contribution < 1.29 is 4.74 Å². The second-order valence-electron chi connectivity index (χ2n) is 4.33. The fourth-order valence-corrected chi connectivity index (χ4v) is 1.97. The minimum atomic E-state index is 0.363. The molecule has 1 aromatic heterocycles. The molecule has 0 saturated heterocycles. The molecular formula is C15H17N3OS. The maximum absolute atomic E-state index is 5.66. The van der Waals surface area contributed by atoms with Gasteiger partial charge in [-0.3, -0.25) is 0 Å². The first-order valence-electron chi connectivity index (χ1n) is 6.37. The van der Waals surface area contributed by atoms with Crippen LogP contribution < -0.4 is 15.8 Å². The highest BCUT2D eigenvalue weighted by molar-refractivity contribution is 7.80. The van der Waals surface area contributed by atoms with Crippen molar-refractivity contribution in [2.45, 2.75) is 13.8 Å². The summed E-state index contributed by atoms with van der Waals surface area (Å²) in [6, 6.07) is 11.4. The summed E-state index contributed by atoms with van der Waals surface area (Å²) in [6.07, 6.45) is 0. The van der Waals surface area contributed by atoms with E-state index in [1.807, 2.05) is 50.2 Å². The fraction of sp³-hybridized carbons (Fsp3) is 0.200. The van der Waals surface area contributed by atoms with E-state index < -0.39 is 0 Å². The minimum Gasteiger partial charge on any atom is -0.494 e. The third kappa shape index (κ3) is 3.68. The lowest BCUT2D eigenvalue weighted by molar-refractivity contribution is 0.340. The Labute approximate surface area is 124 Å². The van der Waals surface area contributed by atoms with Crippen LogP contribution in [0.3, 0.4) is 0 Å². The SMILES string of the molecule is CCOc1cccc(Nc2cc(C(N)=S)cc(C)n2)c1. The van der Waals surface area contributed by atoms with E-state index >= 15 is 0 Å². The molecular weight excluding hydrogens is 270 g/mol. The number of rotatable bonds is 5. The Kier molecular flexibility index (Phi) is 4.53. The summed E-state index contributed by atoms with van der Waals surface area (Å²) in [5.41, 5.74) is 8.23. The Balaban J connectivity index is 2.25. The normalized spacial score (nSPS) is 10.1. The molecule has 0 aliphatic carbocycles. The number of nitrogens with zero attached hydrogens (tertiary/aromatic N) is 1. The molecule has 5 heteroatoms. The highest BCUT2D eigenvalue weighted by Crippen LogP contribution is 2.21. The zero-order valence-corrected chi connectivity index (χ0v) is 12.3. The quantitative estimate of drug-likeness (QED) is 0.827. The number of pyridine rings is 1. The van der Waals surface area contributed by atoms with Gasteiger partial charge in [0.05, 0.1) is 6.61 Å². The summed E-state index contributed by atoms with van der Waals surface area (Å²) in [7, 11) is 0. The van der Waals surface area contributed by atoms with Gasteiger partial charge < -0.3 is 15.8 Å². The number of nitrogens with two attached hydrogens (primary N) is 1. The summed E-state index contributed by atoms with van der Waals surface area (Å²) >= 11 is 5.00. The summed E-state index contributed by atoms with van der Waals surface area (Å²) in [5.74, 6) is 1.53. The Hall–Kier alpha value is -2.14. The van der Waals surface area contributed by atoms with E-state index in [1.54, 1.807) is 0 Å². The largest absolute Gasteiger partial charge is 0.494 e. The van der Waals surface area contributed by atoms with Gasteiger partial charge in [0.15, 0.2) is 0 Å². The van der Waals surface area contributed by atoms with Crippen LogP contribution in [0.5, 0.6) is 5.75 Å². The van der Waals surface area contributed by atoms with Crippen LogP contribution in [0, 0.1) is 6.92 Å². The molecule has 3 N–H and O–H groups in total. The van der Waals surface area contributed by atoms with Crippen molar-refractivity contribution in [1.29, 1.82) is 0 Å². The average molecular weight is 287 g/mol. The maximum atomic E-state index is 5.66.